The van der Waals surface area contributed by atoms with Gasteiger partial charge < -0.3 is 15.5 Å². The number of hydrogen-bond acceptors (Lipinski definition) is 4. The number of hydrogen-bond donors (Lipinski definition) is 2. The molecule has 3 rings (SSSR count). The highest BCUT2D eigenvalue weighted by atomic mass is 127. The Hall–Kier alpha value is -0.120. The van der Waals surface area contributed by atoms with Gasteiger partial charge in [-0.15, -0.1) is 24.0 Å². The van der Waals surface area contributed by atoms with Crippen LogP contribution in [0.5, 0.6) is 0 Å². The molecule has 1 saturated carbocycles. The number of guanidine groups is 1. The van der Waals surface area contributed by atoms with Gasteiger partial charge in [0.2, 0.25) is 0 Å². The summed E-state index contributed by atoms with van der Waals surface area (Å²) < 4.78 is 0. The van der Waals surface area contributed by atoms with E-state index in [1.807, 2.05) is 0 Å². The lowest BCUT2D eigenvalue weighted by molar-refractivity contribution is 0.0407. The van der Waals surface area contributed by atoms with Crippen LogP contribution in [0.25, 0.3) is 0 Å². The zero-order valence-electron chi connectivity index (χ0n) is 19.1. The standard InChI is InChI=1S/C22H44N6.HI/c1-4-23-21(24-17-20-18-26(2)15-16-27(20)3)25-19-22(11-7-5-8-12-22)28-13-9-6-10-14-28;/h20H,4-19H2,1-3H3,(H2,23,24,25);1H. The highest BCUT2D eigenvalue weighted by Crippen LogP contribution is 2.35. The van der Waals surface area contributed by atoms with Crippen LogP contribution in [-0.2, 0) is 0 Å². The summed E-state index contributed by atoms with van der Waals surface area (Å²) in [5, 5.41) is 7.15. The molecule has 1 aliphatic carbocycles. The van der Waals surface area contributed by atoms with Crippen LogP contribution in [-0.4, -0.2) is 98.7 Å². The van der Waals surface area contributed by atoms with E-state index < -0.39 is 0 Å². The van der Waals surface area contributed by atoms with E-state index >= 15 is 0 Å². The Morgan fingerprint density at radius 2 is 1.62 bits per heavy atom. The monoisotopic (exact) mass is 520 g/mol. The van der Waals surface area contributed by atoms with Crippen LogP contribution in [0.1, 0.15) is 58.3 Å². The van der Waals surface area contributed by atoms with Gasteiger partial charge in [-0.1, -0.05) is 25.7 Å². The van der Waals surface area contributed by atoms with Crippen molar-refractivity contribution in [1.29, 1.82) is 0 Å². The maximum Gasteiger partial charge on any atom is 0.191 e. The molecule has 170 valence electrons. The highest BCUT2D eigenvalue weighted by Gasteiger charge is 2.38. The van der Waals surface area contributed by atoms with Crippen LogP contribution in [0, 0.1) is 0 Å². The Morgan fingerprint density at radius 3 is 2.31 bits per heavy atom. The molecule has 0 amide bonds. The summed E-state index contributed by atoms with van der Waals surface area (Å²) in [6, 6.07) is 0.549. The van der Waals surface area contributed by atoms with E-state index in [2.05, 4.69) is 46.4 Å². The first-order valence-electron chi connectivity index (χ1n) is 11.8. The lowest BCUT2D eigenvalue weighted by Crippen LogP contribution is -2.56. The largest absolute Gasteiger partial charge is 0.357 e. The van der Waals surface area contributed by atoms with Gasteiger partial charge in [0.05, 0.1) is 6.54 Å². The Morgan fingerprint density at radius 1 is 0.931 bits per heavy atom. The Bertz CT molecular complexity index is 488. The molecule has 0 radical (unpaired) electrons. The van der Waals surface area contributed by atoms with E-state index in [0.29, 0.717) is 11.6 Å². The minimum absolute atomic E-state index is 0. The summed E-state index contributed by atoms with van der Waals surface area (Å²) in [4.78, 5) is 12.8. The Labute approximate surface area is 196 Å². The number of piperazine rings is 1. The molecule has 0 spiro atoms. The molecule has 1 unspecified atom stereocenters. The minimum Gasteiger partial charge on any atom is -0.357 e. The molecule has 1 atom stereocenters. The van der Waals surface area contributed by atoms with E-state index in [-0.39, 0.29) is 24.0 Å². The molecule has 2 aliphatic heterocycles. The van der Waals surface area contributed by atoms with Crippen molar-refractivity contribution in [3.63, 3.8) is 0 Å². The van der Waals surface area contributed by atoms with Gasteiger partial charge in [0.15, 0.2) is 5.96 Å². The summed E-state index contributed by atoms with van der Waals surface area (Å²) >= 11 is 0. The second kappa shape index (κ2) is 12.7. The first-order valence-corrected chi connectivity index (χ1v) is 11.8. The molecule has 2 heterocycles. The van der Waals surface area contributed by atoms with Crippen molar-refractivity contribution in [2.24, 2.45) is 4.99 Å². The maximum absolute atomic E-state index is 5.13. The van der Waals surface area contributed by atoms with Gasteiger partial charge in [0.1, 0.15) is 0 Å². The number of likely N-dealkylation sites (tertiary alicyclic amines) is 1. The van der Waals surface area contributed by atoms with Gasteiger partial charge in [-0.05, 0) is 59.8 Å². The van der Waals surface area contributed by atoms with Crippen molar-refractivity contribution in [3.05, 3.63) is 0 Å². The topological polar surface area (TPSA) is 46.1 Å². The zero-order chi connectivity index (χ0) is 19.8. The summed E-state index contributed by atoms with van der Waals surface area (Å²) in [6.45, 7) is 11.0. The highest BCUT2D eigenvalue weighted by molar-refractivity contribution is 14.0. The number of likely N-dealkylation sites (N-methyl/N-ethyl adjacent to an activating group) is 2. The second-order valence-electron chi connectivity index (χ2n) is 9.31. The van der Waals surface area contributed by atoms with Crippen molar-refractivity contribution < 1.29 is 0 Å². The molecule has 29 heavy (non-hydrogen) atoms. The normalized spacial score (nSPS) is 27.3. The van der Waals surface area contributed by atoms with Crippen LogP contribution in [0.2, 0.25) is 0 Å². The van der Waals surface area contributed by atoms with Crippen LogP contribution in [0.15, 0.2) is 4.99 Å². The van der Waals surface area contributed by atoms with Crippen LogP contribution in [0.3, 0.4) is 0 Å². The number of nitrogens with zero attached hydrogens (tertiary/aromatic N) is 4. The molecule has 0 bridgehead atoms. The summed E-state index contributed by atoms with van der Waals surface area (Å²) in [6.07, 6.45) is 10.9. The van der Waals surface area contributed by atoms with E-state index in [0.717, 1.165) is 38.7 Å². The second-order valence-corrected chi connectivity index (χ2v) is 9.31. The third-order valence-corrected chi connectivity index (χ3v) is 7.17. The average molecular weight is 521 g/mol. The molecule has 2 saturated heterocycles. The molecular weight excluding hydrogens is 475 g/mol. The van der Waals surface area contributed by atoms with Gasteiger partial charge in [-0.2, -0.15) is 0 Å². The lowest BCUT2D eigenvalue weighted by atomic mass is 9.79. The van der Waals surface area contributed by atoms with E-state index in [1.165, 1.54) is 71.0 Å². The molecule has 0 aromatic carbocycles. The molecule has 7 heteroatoms. The van der Waals surface area contributed by atoms with Gasteiger partial charge in [0.25, 0.3) is 0 Å². The van der Waals surface area contributed by atoms with Gasteiger partial charge in [-0.25, -0.2) is 0 Å². The molecule has 0 aromatic heterocycles. The summed E-state index contributed by atoms with van der Waals surface area (Å²) in [5.41, 5.74) is 0.308. The van der Waals surface area contributed by atoms with Crippen LogP contribution < -0.4 is 10.6 Å². The third kappa shape index (κ3) is 7.21. The number of halogens is 1. The molecule has 3 fully saturated rings. The first-order chi connectivity index (χ1) is 13.6. The quantitative estimate of drug-likeness (QED) is 0.321. The predicted molar refractivity (Wildman–Crippen MR) is 135 cm³/mol. The molecule has 2 N–H and O–H groups in total. The Kier molecular flexibility index (Phi) is 11.0. The van der Waals surface area contributed by atoms with E-state index in [1.54, 1.807) is 0 Å². The fraction of sp³-hybridized carbons (Fsp3) is 0.955. The fourth-order valence-electron chi connectivity index (χ4n) is 5.26. The molecule has 0 aromatic rings. The van der Waals surface area contributed by atoms with Crippen LogP contribution in [0.4, 0.5) is 0 Å². The average Bonchev–Trinajstić information content (AvgIpc) is 2.73. The number of piperidine rings is 1. The predicted octanol–water partition coefficient (Wildman–Crippen LogP) is 2.59. The zero-order valence-corrected chi connectivity index (χ0v) is 21.4. The van der Waals surface area contributed by atoms with Crippen molar-refractivity contribution in [2.45, 2.75) is 69.9 Å². The SMILES string of the molecule is CCNC(=NCC1(N2CCCCC2)CCCCC1)NCC1CN(C)CCN1C.I. The van der Waals surface area contributed by atoms with E-state index in [4.69, 9.17) is 4.99 Å². The van der Waals surface area contributed by atoms with Crippen LogP contribution >= 0.6 is 24.0 Å². The molecule has 3 aliphatic rings. The lowest BCUT2D eigenvalue weighted by Gasteiger charge is -2.47. The van der Waals surface area contributed by atoms with Crippen molar-refractivity contribution in [3.8, 4) is 0 Å². The van der Waals surface area contributed by atoms with Gasteiger partial charge >= 0.3 is 0 Å². The Balaban J connectivity index is 0.00000300. The van der Waals surface area contributed by atoms with E-state index in [9.17, 15) is 0 Å². The fourth-order valence-corrected chi connectivity index (χ4v) is 5.26. The summed E-state index contributed by atoms with van der Waals surface area (Å²) in [5.74, 6) is 1.01. The number of rotatable bonds is 6. The van der Waals surface area contributed by atoms with Crippen molar-refractivity contribution in [1.82, 2.24) is 25.3 Å². The van der Waals surface area contributed by atoms with Crippen molar-refractivity contribution in [2.75, 3.05) is 66.5 Å². The maximum atomic E-state index is 5.13. The van der Waals surface area contributed by atoms with Gasteiger partial charge in [-0.3, -0.25) is 14.8 Å². The number of nitrogens with one attached hydrogen (secondary N) is 2. The van der Waals surface area contributed by atoms with Crippen molar-refractivity contribution >= 4 is 29.9 Å². The van der Waals surface area contributed by atoms with Gasteiger partial charge in [0, 0.05) is 44.3 Å². The minimum atomic E-state index is 0. The third-order valence-electron chi connectivity index (χ3n) is 7.17. The smallest absolute Gasteiger partial charge is 0.191 e. The summed E-state index contributed by atoms with van der Waals surface area (Å²) in [7, 11) is 4.47. The molecule has 6 nitrogen and oxygen atoms in total. The molecular formula is C22H45IN6. The number of aliphatic imine (C=N–C) groups is 1. The first kappa shape index (κ1) is 25.1.